The average molecular weight is 240 g/mol. The Balaban J connectivity index is 1.88. The summed E-state index contributed by atoms with van der Waals surface area (Å²) < 4.78 is 0. The molecule has 4 heteroatoms. The highest BCUT2D eigenvalue weighted by Gasteiger charge is 2.27. The van der Waals surface area contributed by atoms with Gasteiger partial charge in [-0.05, 0) is 25.0 Å². The van der Waals surface area contributed by atoms with E-state index < -0.39 is 0 Å². The second kappa shape index (κ2) is 4.72. The Kier molecular flexibility index (Phi) is 2.92. The Hall–Kier alpha value is -1.97. The van der Waals surface area contributed by atoms with Crippen LogP contribution in [0.25, 0.3) is 0 Å². The van der Waals surface area contributed by atoms with Gasteiger partial charge in [-0.2, -0.15) is 0 Å². The van der Waals surface area contributed by atoms with Gasteiger partial charge in [-0.15, -0.1) is 0 Å². The van der Waals surface area contributed by atoms with Crippen LogP contribution >= 0.6 is 0 Å². The fourth-order valence-electron chi connectivity index (χ4n) is 1.95. The smallest absolute Gasteiger partial charge is 0.134 e. The Labute approximate surface area is 107 Å². The summed E-state index contributed by atoms with van der Waals surface area (Å²) in [6.45, 7) is 0. The van der Waals surface area contributed by atoms with Crippen molar-refractivity contribution in [3.05, 3.63) is 47.7 Å². The number of anilines is 1. The molecule has 4 nitrogen and oxygen atoms in total. The lowest BCUT2D eigenvalue weighted by Crippen LogP contribution is -2.04. The Bertz CT molecular complexity index is 535. The molecule has 0 saturated heterocycles. The fraction of sp³-hybridized carbons (Fsp3) is 0.357. The van der Waals surface area contributed by atoms with E-state index in [-0.39, 0.29) is 0 Å². The van der Waals surface area contributed by atoms with Gasteiger partial charge in [0, 0.05) is 37.3 Å². The van der Waals surface area contributed by atoms with Crippen LogP contribution in [0.15, 0.2) is 30.5 Å². The molecule has 3 rings (SSSR count). The fourth-order valence-corrected chi connectivity index (χ4v) is 1.95. The molecule has 1 N–H and O–H groups in total. The molecule has 0 spiro atoms. The molecule has 0 atom stereocenters. The molecule has 2 aromatic heterocycles. The molecule has 92 valence electrons. The Morgan fingerprint density at radius 3 is 2.78 bits per heavy atom. The van der Waals surface area contributed by atoms with E-state index in [9.17, 15) is 0 Å². The van der Waals surface area contributed by atoms with Crippen LogP contribution in [-0.4, -0.2) is 22.0 Å². The first-order chi connectivity index (χ1) is 8.85. The van der Waals surface area contributed by atoms with Crippen molar-refractivity contribution in [2.24, 2.45) is 0 Å². The lowest BCUT2D eigenvalue weighted by molar-refractivity contribution is 0.881. The predicted molar refractivity (Wildman–Crippen MR) is 70.6 cm³/mol. The van der Waals surface area contributed by atoms with E-state index in [4.69, 9.17) is 0 Å². The van der Waals surface area contributed by atoms with Gasteiger partial charge in [0.2, 0.25) is 0 Å². The van der Waals surface area contributed by atoms with Crippen LogP contribution in [-0.2, 0) is 6.42 Å². The molecule has 0 aliphatic heterocycles. The van der Waals surface area contributed by atoms with E-state index in [1.807, 2.05) is 37.5 Å². The zero-order valence-electron chi connectivity index (χ0n) is 10.4. The van der Waals surface area contributed by atoms with Gasteiger partial charge in [0.05, 0.1) is 5.69 Å². The topological polar surface area (TPSA) is 50.7 Å². The van der Waals surface area contributed by atoms with E-state index in [2.05, 4.69) is 20.3 Å². The Morgan fingerprint density at radius 1 is 1.22 bits per heavy atom. The molecule has 1 saturated carbocycles. The Morgan fingerprint density at radius 2 is 2.11 bits per heavy atom. The normalized spacial score (nSPS) is 14.5. The van der Waals surface area contributed by atoms with Gasteiger partial charge in [-0.25, -0.2) is 9.97 Å². The van der Waals surface area contributed by atoms with Crippen LogP contribution in [0.5, 0.6) is 0 Å². The molecule has 2 aromatic rings. The monoisotopic (exact) mass is 240 g/mol. The SMILES string of the molecule is CNc1cc(Cc2ccccn2)nc(C2CC2)n1. The molecule has 18 heavy (non-hydrogen) atoms. The summed E-state index contributed by atoms with van der Waals surface area (Å²) in [5.41, 5.74) is 2.08. The summed E-state index contributed by atoms with van der Waals surface area (Å²) in [7, 11) is 1.89. The molecular weight excluding hydrogens is 224 g/mol. The summed E-state index contributed by atoms with van der Waals surface area (Å²) in [6.07, 6.45) is 5.02. The maximum absolute atomic E-state index is 4.65. The molecule has 2 heterocycles. The minimum Gasteiger partial charge on any atom is -0.373 e. The summed E-state index contributed by atoms with van der Waals surface area (Å²) in [4.78, 5) is 13.5. The quantitative estimate of drug-likeness (QED) is 0.891. The van der Waals surface area contributed by atoms with Crippen LogP contribution in [0, 0.1) is 0 Å². The largest absolute Gasteiger partial charge is 0.373 e. The number of hydrogen-bond acceptors (Lipinski definition) is 4. The molecular formula is C14H16N4. The van der Waals surface area contributed by atoms with Gasteiger partial charge in [0.1, 0.15) is 11.6 Å². The summed E-state index contributed by atoms with van der Waals surface area (Å²) in [6, 6.07) is 7.96. The van der Waals surface area contributed by atoms with Crippen molar-refractivity contribution in [3.8, 4) is 0 Å². The highest BCUT2D eigenvalue weighted by molar-refractivity contribution is 5.37. The summed E-state index contributed by atoms with van der Waals surface area (Å²) in [5, 5.41) is 3.10. The number of nitrogens with one attached hydrogen (secondary N) is 1. The maximum atomic E-state index is 4.65. The van der Waals surface area contributed by atoms with Crippen LogP contribution in [0.1, 0.15) is 36.0 Å². The zero-order chi connectivity index (χ0) is 12.4. The third kappa shape index (κ3) is 2.47. The lowest BCUT2D eigenvalue weighted by atomic mass is 10.2. The van der Waals surface area contributed by atoms with Crippen molar-refractivity contribution in [3.63, 3.8) is 0 Å². The highest BCUT2D eigenvalue weighted by Crippen LogP contribution is 2.38. The predicted octanol–water partition coefficient (Wildman–Crippen LogP) is 2.38. The zero-order valence-corrected chi connectivity index (χ0v) is 10.4. The minimum atomic E-state index is 0.570. The first-order valence-electron chi connectivity index (χ1n) is 6.30. The molecule has 0 amide bonds. The second-order valence-corrected chi connectivity index (χ2v) is 4.62. The number of nitrogens with zero attached hydrogens (tertiary/aromatic N) is 3. The van der Waals surface area contributed by atoms with Gasteiger partial charge in [-0.3, -0.25) is 4.98 Å². The van der Waals surface area contributed by atoms with E-state index in [0.29, 0.717) is 5.92 Å². The molecule has 1 fully saturated rings. The van der Waals surface area contributed by atoms with Crippen molar-refractivity contribution >= 4 is 5.82 Å². The van der Waals surface area contributed by atoms with Gasteiger partial charge in [-0.1, -0.05) is 6.07 Å². The maximum Gasteiger partial charge on any atom is 0.134 e. The standard InChI is InChI=1S/C14H16N4/c1-15-13-9-12(8-11-4-2-3-7-16-11)17-14(18-13)10-5-6-10/h2-4,7,9-10H,5-6,8H2,1H3,(H,15,17,18). The lowest BCUT2D eigenvalue weighted by Gasteiger charge is -2.07. The van der Waals surface area contributed by atoms with E-state index in [0.717, 1.165) is 29.5 Å². The van der Waals surface area contributed by atoms with Gasteiger partial charge in [0.25, 0.3) is 0 Å². The number of pyridine rings is 1. The third-order valence-corrected chi connectivity index (χ3v) is 3.08. The summed E-state index contributed by atoms with van der Waals surface area (Å²) >= 11 is 0. The number of hydrogen-bond donors (Lipinski definition) is 1. The molecule has 0 bridgehead atoms. The molecule has 1 aliphatic carbocycles. The van der Waals surface area contributed by atoms with Crippen LogP contribution in [0.2, 0.25) is 0 Å². The van der Waals surface area contributed by atoms with E-state index >= 15 is 0 Å². The molecule has 0 unspecified atom stereocenters. The third-order valence-electron chi connectivity index (χ3n) is 3.08. The van der Waals surface area contributed by atoms with Crippen LogP contribution in [0.4, 0.5) is 5.82 Å². The summed E-state index contributed by atoms with van der Waals surface area (Å²) in [5.74, 6) is 2.45. The average Bonchev–Trinajstić information content (AvgIpc) is 3.24. The van der Waals surface area contributed by atoms with Crippen molar-refractivity contribution in [2.75, 3.05) is 12.4 Å². The van der Waals surface area contributed by atoms with Crippen LogP contribution in [0.3, 0.4) is 0 Å². The first kappa shape index (κ1) is 11.1. The number of aromatic nitrogens is 3. The first-order valence-corrected chi connectivity index (χ1v) is 6.30. The molecule has 0 radical (unpaired) electrons. The molecule has 1 aliphatic rings. The van der Waals surface area contributed by atoms with Crippen molar-refractivity contribution < 1.29 is 0 Å². The minimum absolute atomic E-state index is 0.570. The van der Waals surface area contributed by atoms with Crippen molar-refractivity contribution in [2.45, 2.75) is 25.2 Å². The number of rotatable bonds is 4. The van der Waals surface area contributed by atoms with E-state index in [1.54, 1.807) is 0 Å². The van der Waals surface area contributed by atoms with Gasteiger partial charge >= 0.3 is 0 Å². The van der Waals surface area contributed by atoms with Gasteiger partial charge < -0.3 is 5.32 Å². The van der Waals surface area contributed by atoms with Gasteiger partial charge in [0.15, 0.2) is 0 Å². The van der Waals surface area contributed by atoms with E-state index in [1.165, 1.54) is 12.8 Å². The van der Waals surface area contributed by atoms with Crippen molar-refractivity contribution in [1.29, 1.82) is 0 Å². The van der Waals surface area contributed by atoms with Crippen LogP contribution < -0.4 is 5.32 Å². The van der Waals surface area contributed by atoms with Crippen molar-refractivity contribution in [1.82, 2.24) is 15.0 Å². The highest BCUT2D eigenvalue weighted by atomic mass is 15.0. The molecule has 0 aromatic carbocycles. The second-order valence-electron chi connectivity index (χ2n) is 4.62.